The molecule has 100 valence electrons. The number of Topliss-reactive ketones (excluding diaryl/α,β-unsaturated/α-hetero) is 1. The van der Waals surface area contributed by atoms with Crippen LogP contribution in [-0.4, -0.2) is 37.1 Å². The maximum absolute atomic E-state index is 12.1. The SMILES string of the molecule is O=C(c1ccccc1)C1C(O)=CC(O)=C(O)C1(O)O. The van der Waals surface area contributed by atoms with Gasteiger partial charge in [-0.1, -0.05) is 30.3 Å². The summed E-state index contributed by atoms with van der Waals surface area (Å²) in [6, 6.07) is 7.67. The normalized spacial score (nSPS) is 22.0. The van der Waals surface area contributed by atoms with Crippen LogP contribution >= 0.6 is 0 Å². The van der Waals surface area contributed by atoms with Crippen LogP contribution in [0.1, 0.15) is 10.4 Å². The Bertz CT molecular complexity index is 570. The number of carbonyl (C=O) groups excluding carboxylic acids is 1. The number of aliphatic hydroxyl groups excluding tert-OH is 3. The molecule has 1 aromatic carbocycles. The Hall–Kier alpha value is -2.31. The lowest BCUT2D eigenvalue weighted by Crippen LogP contribution is -2.47. The highest BCUT2D eigenvalue weighted by molar-refractivity contribution is 6.00. The van der Waals surface area contributed by atoms with E-state index in [2.05, 4.69) is 0 Å². The highest BCUT2D eigenvalue weighted by Crippen LogP contribution is 2.35. The Labute approximate surface area is 108 Å². The van der Waals surface area contributed by atoms with E-state index in [1.54, 1.807) is 18.2 Å². The molecule has 5 N–H and O–H groups in total. The number of rotatable bonds is 2. The van der Waals surface area contributed by atoms with Crippen LogP contribution in [-0.2, 0) is 0 Å². The van der Waals surface area contributed by atoms with Gasteiger partial charge in [-0.25, -0.2) is 0 Å². The van der Waals surface area contributed by atoms with Crippen molar-refractivity contribution < 1.29 is 30.3 Å². The molecule has 0 saturated heterocycles. The average molecular weight is 264 g/mol. The summed E-state index contributed by atoms with van der Waals surface area (Å²) in [5.41, 5.74) is 0.133. The molecule has 6 nitrogen and oxygen atoms in total. The first-order chi connectivity index (χ1) is 8.85. The molecule has 19 heavy (non-hydrogen) atoms. The Morgan fingerprint density at radius 1 is 1.05 bits per heavy atom. The smallest absolute Gasteiger partial charge is 0.244 e. The van der Waals surface area contributed by atoms with E-state index in [0.29, 0.717) is 6.08 Å². The lowest BCUT2D eigenvalue weighted by Gasteiger charge is -2.31. The van der Waals surface area contributed by atoms with Gasteiger partial charge in [0.1, 0.15) is 11.7 Å². The monoisotopic (exact) mass is 264 g/mol. The van der Waals surface area contributed by atoms with Crippen molar-refractivity contribution in [2.24, 2.45) is 5.92 Å². The van der Waals surface area contributed by atoms with Crippen LogP contribution in [0.2, 0.25) is 0 Å². The summed E-state index contributed by atoms with van der Waals surface area (Å²) in [4.78, 5) is 12.1. The van der Waals surface area contributed by atoms with Gasteiger partial charge in [0.2, 0.25) is 5.79 Å². The van der Waals surface area contributed by atoms with Gasteiger partial charge in [0.05, 0.1) is 0 Å². The molecule has 0 bridgehead atoms. The summed E-state index contributed by atoms with van der Waals surface area (Å²) in [6.07, 6.45) is 0.700. The van der Waals surface area contributed by atoms with Crippen LogP contribution in [0.4, 0.5) is 0 Å². The molecule has 0 amide bonds. The number of hydrogen-bond donors (Lipinski definition) is 5. The molecular formula is C13H12O6. The molecule has 1 aliphatic carbocycles. The van der Waals surface area contributed by atoms with Gasteiger partial charge < -0.3 is 25.5 Å². The molecule has 0 radical (unpaired) electrons. The molecule has 6 heteroatoms. The van der Waals surface area contributed by atoms with Crippen molar-refractivity contribution >= 4 is 5.78 Å². The number of hydrogen-bond acceptors (Lipinski definition) is 6. The molecule has 0 aliphatic heterocycles. The van der Waals surface area contributed by atoms with Gasteiger partial charge >= 0.3 is 0 Å². The first-order valence-electron chi connectivity index (χ1n) is 5.43. The second kappa shape index (κ2) is 4.42. The molecule has 1 aliphatic rings. The van der Waals surface area contributed by atoms with Crippen LogP contribution < -0.4 is 0 Å². The zero-order valence-electron chi connectivity index (χ0n) is 9.69. The summed E-state index contributed by atoms with van der Waals surface area (Å²) < 4.78 is 0. The first-order valence-corrected chi connectivity index (χ1v) is 5.43. The maximum Gasteiger partial charge on any atom is 0.244 e. The van der Waals surface area contributed by atoms with E-state index in [4.69, 9.17) is 0 Å². The fourth-order valence-corrected chi connectivity index (χ4v) is 1.91. The van der Waals surface area contributed by atoms with Gasteiger partial charge in [-0.2, -0.15) is 0 Å². The van der Waals surface area contributed by atoms with Crippen molar-refractivity contribution in [2.75, 3.05) is 0 Å². The van der Waals surface area contributed by atoms with Gasteiger partial charge in [-0.3, -0.25) is 4.79 Å². The minimum atomic E-state index is -3.06. The van der Waals surface area contributed by atoms with E-state index in [1.165, 1.54) is 12.1 Å². The Morgan fingerprint density at radius 2 is 1.63 bits per heavy atom. The van der Waals surface area contributed by atoms with Crippen molar-refractivity contribution in [1.29, 1.82) is 0 Å². The summed E-state index contributed by atoms with van der Waals surface area (Å²) in [5, 5.41) is 47.7. The molecule has 0 heterocycles. The third kappa shape index (κ3) is 2.07. The van der Waals surface area contributed by atoms with Crippen molar-refractivity contribution in [3.63, 3.8) is 0 Å². The molecule has 0 fully saturated rings. The third-order valence-electron chi connectivity index (χ3n) is 2.89. The maximum atomic E-state index is 12.1. The Balaban J connectivity index is 2.46. The Morgan fingerprint density at radius 3 is 2.21 bits per heavy atom. The van der Waals surface area contributed by atoms with E-state index >= 15 is 0 Å². The number of benzene rings is 1. The fraction of sp³-hybridized carbons (Fsp3) is 0.154. The minimum absolute atomic E-state index is 0.133. The number of allylic oxidation sites excluding steroid dienone is 1. The number of ketones is 1. The Kier molecular flexibility index (Phi) is 3.05. The molecule has 1 aromatic rings. The first kappa shape index (κ1) is 13.1. The fourth-order valence-electron chi connectivity index (χ4n) is 1.91. The molecule has 0 aromatic heterocycles. The number of aliphatic hydroxyl groups is 5. The molecule has 0 spiro atoms. The van der Waals surface area contributed by atoms with Crippen molar-refractivity contribution in [2.45, 2.75) is 5.79 Å². The summed E-state index contributed by atoms with van der Waals surface area (Å²) in [7, 11) is 0. The highest BCUT2D eigenvalue weighted by atomic mass is 16.5. The summed E-state index contributed by atoms with van der Waals surface area (Å²) >= 11 is 0. The van der Waals surface area contributed by atoms with Crippen molar-refractivity contribution in [3.05, 3.63) is 59.2 Å². The van der Waals surface area contributed by atoms with Crippen LogP contribution in [0.25, 0.3) is 0 Å². The second-order valence-electron chi connectivity index (χ2n) is 4.19. The van der Waals surface area contributed by atoms with Crippen LogP contribution in [0.3, 0.4) is 0 Å². The molecule has 1 unspecified atom stereocenters. The second-order valence-corrected chi connectivity index (χ2v) is 4.19. The highest BCUT2D eigenvalue weighted by Gasteiger charge is 2.50. The van der Waals surface area contributed by atoms with Gasteiger partial charge in [-0.15, -0.1) is 0 Å². The van der Waals surface area contributed by atoms with Crippen molar-refractivity contribution in [3.8, 4) is 0 Å². The van der Waals surface area contributed by atoms with E-state index < -0.39 is 34.8 Å². The van der Waals surface area contributed by atoms with Crippen LogP contribution in [0.15, 0.2) is 53.7 Å². The molecule has 0 saturated carbocycles. The third-order valence-corrected chi connectivity index (χ3v) is 2.89. The molecule has 1 atom stereocenters. The molecule has 2 rings (SSSR count). The van der Waals surface area contributed by atoms with Gasteiger partial charge in [0, 0.05) is 11.6 Å². The lowest BCUT2D eigenvalue weighted by atomic mass is 9.83. The van der Waals surface area contributed by atoms with Crippen LogP contribution in [0.5, 0.6) is 0 Å². The van der Waals surface area contributed by atoms with Gasteiger partial charge in [0.15, 0.2) is 17.3 Å². The van der Waals surface area contributed by atoms with E-state index in [0.717, 1.165) is 0 Å². The average Bonchev–Trinajstić information content (AvgIpc) is 2.37. The predicted molar refractivity (Wildman–Crippen MR) is 64.4 cm³/mol. The van der Waals surface area contributed by atoms with Crippen molar-refractivity contribution in [1.82, 2.24) is 0 Å². The lowest BCUT2D eigenvalue weighted by molar-refractivity contribution is -0.180. The van der Waals surface area contributed by atoms with E-state index in [9.17, 15) is 30.3 Å². The zero-order valence-corrected chi connectivity index (χ0v) is 9.69. The molecular weight excluding hydrogens is 252 g/mol. The van der Waals surface area contributed by atoms with Gasteiger partial charge in [-0.05, 0) is 0 Å². The van der Waals surface area contributed by atoms with Crippen LogP contribution in [0, 0.1) is 5.92 Å². The number of carbonyl (C=O) groups is 1. The minimum Gasteiger partial charge on any atom is -0.511 e. The summed E-state index contributed by atoms with van der Waals surface area (Å²) in [5.74, 6) is -8.48. The largest absolute Gasteiger partial charge is 0.511 e. The van der Waals surface area contributed by atoms with E-state index in [-0.39, 0.29) is 5.56 Å². The predicted octanol–water partition coefficient (Wildman–Crippen LogP) is 0.950. The van der Waals surface area contributed by atoms with E-state index in [1.807, 2.05) is 0 Å². The topological polar surface area (TPSA) is 118 Å². The standard InChI is InChI=1S/C13H12O6/c14-8-6-9(15)12(17)13(18,19)10(8)11(16)7-4-2-1-3-5-7/h1-6,10,14-15,17-19H. The quantitative estimate of drug-likeness (QED) is 0.401. The van der Waals surface area contributed by atoms with Gasteiger partial charge in [0.25, 0.3) is 0 Å². The zero-order chi connectivity index (χ0) is 14.2. The summed E-state index contributed by atoms with van der Waals surface area (Å²) in [6.45, 7) is 0.